The summed E-state index contributed by atoms with van der Waals surface area (Å²) >= 11 is 1.67. The van der Waals surface area contributed by atoms with Crippen LogP contribution in [-0.2, 0) is 0 Å². The second kappa shape index (κ2) is 3.42. The Bertz CT molecular complexity index is 324. The van der Waals surface area contributed by atoms with Crippen molar-refractivity contribution in [2.24, 2.45) is 0 Å². The second-order valence-electron chi connectivity index (χ2n) is 3.78. The molecule has 0 spiro atoms. The smallest absolute Gasteiger partial charge is 0.166 e. The fraction of sp³-hybridized carbons (Fsp3) is 0.444. The van der Waals surface area contributed by atoms with E-state index in [1.54, 1.807) is 11.3 Å². The molecule has 1 aromatic heterocycles. The average molecular weight is 195 g/mol. The Morgan fingerprint density at radius 1 is 1.42 bits per heavy atom. The summed E-state index contributed by atoms with van der Waals surface area (Å²) in [6, 6.07) is 0. The predicted molar refractivity (Wildman–Crippen MR) is 57.1 cm³/mol. The Balaban J connectivity index is 2.80. The Hall–Kier alpha value is -0.593. The molecule has 1 heterocycles. The zero-order chi connectivity index (χ0) is 9.19. The maximum atomic E-state index is 4.19. The minimum absolute atomic E-state index is 0.954. The molecule has 1 nitrogen and oxygen atoms in total. The van der Waals surface area contributed by atoms with Crippen LogP contribution < -0.4 is 0 Å². The third kappa shape index (κ3) is 3.20. The van der Waals surface area contributed by atoms with Crippen molar-refractivity contribution in [3.05, 3.63) is 16.1 Å². The lowest BCUT2D eigenvalue weighted by Crippen LogP contribution is -2.16. The highest BCUT2D eigenvalue weighted by Gasteiger charge is 2.07. The van der Waals surface area contributed by atoms with Gasteiger partial charge in [0, 0.05) is 11.1 Å². The van der Waals surface area contributed by atoms with Crippen molar-refractivity contribution in [3.63, 3.8) is 0 Å². The zero-order valence-corrected chi connectivity index (χ0v) is 9.75. The highest BCUT2D eigenvalue weighted by molar-refractivity contribution is 7.12. The minimum Gasteiger partial charge on any atom is -0.236 e. The van der Waals surface area contributed by atoms with Gasteiger partial charge in [0.2, 0.25) is 0 Å². The van der Waals surface area contributed by atoms with Crippen molar-refractivity contribution in [1.82, 2.24) is 4.98 Å². The van der Waals surface area contributed by atoms with Crippen molar-refractivity contribution < 1.29 is 0 Å². The molecule has 3 heteroatoms. The van der Waals surface area contributed by atoms with Gasteiger partial charge in [-0.3, -0.25) is 0 Å². The van der Waals surface area contributed by atoms with Gasteiger partial charge >= 0.3 is 0 Å². The molecule has 0 N–H and O–H groups in total. The van der Waals surface area contributed by atoms with E-state index in [9.17, 15) is 0 Å². The summed E-state index contributed by atoms with van der Waals surface area (Å²) in [5, 5.41) is 0.954. The third-order valence-electron chi connectivity index (χ3n) is 1.17. The summed E-state index contributed by atoms with van der Waals surface area (Å²) in [4.78, 5) is 5.42. The van der Waals surface area contributed by atoms with Crippen LogP contribution in [0.2, 0.25) is 19.6 Å². The van der Waals surface area contributed by atoms with Crippen molar-refractivity contribution in [3.8, 4) is 11.5 Å². The molecule has 0 saturated heterocycles. The fourth-order valence-electron chi connectivity index (χ4n) is 0.653. The van der Waals surface area contributed by atoms with E-state index in [0.717, 1.165) is 5.01 Å². The van der Waals surface area contributed by atoms with E-state index in [2.05, 4.69) is 43.0 Å². The van der Waals surface area contributed by atoms with Crippen LogP contribution in [0, 0.1) is 18.4 Å². The number of aromatic nitrogens is 1. The lowest BCUT2D eigenvalue weighted by atomic mass is 10.6. The molecule has 1 rings (SSSR count). The minimum atomic E-state index is -1.23. The van der Waals surface area contributed by atoms with Crippen LogP contribution in [0.1, 0.15) is 9.88 Å². The summed E-state index contributed by atoms with van der Waals surface area (Å²) in [6.07, 6.45) is 1.87. The van der Waals surface area contributed by atoms with Crippen LogP contribution in [0.5, 0.6) is 0 Å². The van der Waals surface area contributed by atoms with Gasteiger partial charge in [0.15, 0.2) is 5.01 Å². The van der Waals surface area contributed by atoms with Gasteiger partial charge in [0.25, 0.3) is 0 Å². The van der Waals surface area contributed by atoms with Crippen molar-refractivity contribution in [2.45, 2.75) is 26.6 Å². The van der Waals surface area contributed by atoms with E-state index >= 15 is 0 Å². The van der Waals surface area contributed by atoms with Gasteiger partial charge < -0.3 is 0 Å². The predicted octanol–water partition coefficient (Wildman–Crippen LogP) is 2.68. The Morgan fingerprint density at radius 3 is 2.50 bits per heavy atom. The van der Waals surface area contributed by atoms with Crippen LogP contribution in [-0.4, -0.2) is 13.1 Å². The molecule has 0 radical (unpaired) electrons. The average Bonchev–Trinajstić information content (AvgIpc) is 2.30. The molecule has 0 bridgehead atoms. The van der Waals surface area contributed by atoms with Gasteiger partial charge in [-0.05, 0) is 12.8 Å². The number of rotatable bonds is 0. The van der Waals surface area contributed by atoms with E-state index in [-0.39, 0.29) is 0 Å². The molecule has 12 heavy (non-hydrogen) atoms. The first-order chi connectivity index (χ1) is 5.47. The Labute approximate surface area is 78.9 Å². The van der Waals surface area contributed by atoms with Crippen LogP contribution >= 0.6 is 11.3 Å². The van der Waals surface area contributed by atoms with Gasteiger partial charge in [0.1, 0.15) is 8.07 Å². The van der Waals surface area contributed by atoms with Crippen LogP contribution in [0.25, 0.3) is 0 Å². The number of aryl methyl sites for hydroxylation is 1. The van der Waals surface area contributed by atoms with Crippen LogP contribution in [0.4, 0.5) is 0 Å². The van der Waals surface area contributed by atoms with E-state index in [1.165, 1.54) is 4.88 Å². The van der Waals surface area contributed by atoms with E-state index < -0.39 is 8.07 Å². The second-order valence-corrected chi connectivity index (χ2v) is 9.76. The van der Waals surface area contributed by atoms with Gasteiger partial charge in [-0.2, -0.15) is 0 Å². The van der Waals surface area contributed by atoms with Crippen LogP contribution in [0.15, 0.2) is 6.20 Å². The molecule has 0 aliphatic heterocycles. The first-order valence-electron chi connectivity index (χ1n) is 3.93. The molecular formula is C9H13NSSi. The largest absolute Gasteiger partial charge is 0.236 e. The van der Waals surface area contributed by atoms with Gasteiger partial charge in [-0.25, -0.2) is 4.98 Å². The number of hydrogen-bond donors (Lipinski definition) is 0. The molecule has 64 valence electrons. The van der Waals surface area contributed by atoms with Crippen molar-refractivity contribution in [2.75, 3.05) is 0 Å². The molecule has 0 aromatic carbocycles. The lowest BCUT2D eigenvalue weighted by Gasteiger charge is -2.02. The highest BCUT2D eigenvalue weighted by Crippen LogP contribution is 2.09. The zero-order valence-electron chi connectivity index (χ0n) is 7.93. The Morgan fingerprint density at radius 2 is 2.08 bits per heavy atom. The van der Waals surface area contributed by atoms with Gasteiger partial charge in [-0.15, -0.1) is 16.9 Å². The fourth-order valence-corrected chi connectivity index (χ4v) is 1.86. The molecule has 0 fully saturated rings. The summed E-state index contributed by atoms with van der Waals surface area (Å²) in [5.74, 6) is 3.12. The van der Waals surface area contributed by atoms with Crippen molar-refractivity contribution >= 4 is 19.4 Å². The number of thiazole rings is 1. The number of nitrogens with zero attached hydrogens (tertiary/aromatic N) is 1. The molecule has 0 amide bonds. The van der Waals surface area contributed by atoms with Gasteiger partial charge in [-0.1, -0.05) is 19.6 Å². The molecular weight excluding hydrogens is 182 g/mol. The molecule has 1 aromatic rings. The van der Waals surface area contributed by atoms with E-state index in [1.807, 2.05) is 6.20 Å². The summed E-state index contributed by atoms with van der Waals surface area (Å²) in [6.45, 7) is 8.76. The van der Waals surface area contributed by atoms with Crippen LogP contribution in [0.3, 0.4) is 0 Å². The standard InChI is InChI=1S/C9H13NSSi/c1-8-7-10-9(11-8)5-6-12(2,3)4/h7H,1-4H3. The van der Waals surface area contributed by atoms with Crippen molar-refractivity contribution in [1.29, 1.82) is 0 Å². The summed E-state index contributed by atoms with van der Waals surface area (Å²) in [5.41, 5.74) is 3.29. The number of hydrogen-bond acceptors (Lipinski definition) is 2. The molecule has 0 saturated carbocycles. The highest BCUT2D eigenvalue weighted by atomic mass is 32.1. The third-order valence-corrected chi connectivity index (χ3v) is 2.87. The van der Waals surface area contributed by atoms with E-state index in [0.29, 0.717) is 0 Å². The molecule has 0 aliphatic rings. The monoisotopic (exact) mass is 195 g/mol. The normalized spacial score (nSPS) is 10.7. The first kappa shape index (κ1) is 9.49. The summed E-state index contributed by atoms with van der Waals surface area (Å²) in [7, 11) is -1.23. The summed E-state index contributed by atoms with van der Waals surface area (Å²) < 4.78 is 0. The SMILES string of the molecule is Cc1cnc(C#C[Si](C)(C)C)s1. The quantitative estimate of drug-likeness (QED) is 0.458. The topological polar surface area (TPSA) is 12.9 Å². The Kier molecular flexibility index (Phi) is 2.71. The molecule has 0 atom stereocenters. The van der Waals surface area contributed by atoms with E-state index in [4.69, 9.17) is 0 Å². The molecule has 0 aliphatic carbocycles. The first-order valence-corrected chi connectivity index (χ1v) is 8.25. The van der Waals surface area contributed by atoms with Gasteiger partial charge in [0.05, 0.1) is 0 Å². The maximum absolute atomic E-state index is 4.19. The lowest BCUT2D eigenvalue weighted by molar-refractivity contribution is 1.36. The molecule has 0 unspecified atom stereocenters. The maximum Gasteiger partial charge on any atom is 0.166 e.